The van der Waals surface area contributed by atoms with Crippen LogP contribution < -0.4 is 5.32 Å². The molecule has 0 radical (unpaired) electrons. The molecule has 1 aliphatic carbocycles. The fourth-order valence-corrected chi connectivity index (χ4v) is 5.17. The Kier molecular flexibility index (Phi) is 18.9. The van der Waals surface area contributed by atoms with Crippen LogP contribution in [0.3, 0.4) is 0 Å². The number of esters is 2. The van der Waals surface area contributed by atoms with Gasteiger partial charge in [0.2, 0.25) is 5.91 Å². The average molecular weight is 619 g/mol. The van der Waals surface area contributed by atoms with E-state index in [2.05, 4.69) is 22.3 Å². The molecule has 246 valence electrons. The summed E-state index contributed by atoms with van der Waals surface area (Å²) in [7, 11) is 0. The summed E-state index contributed by atoms with van der Waals surface area (Å²) in [6.45, 7) is 2.74. The second-order valence-electron chi connectivity index (χ2n) is 11.0. The first-order valence-electron chi connectivity index (χ1n) is 15.8. The Morgan fingerprint density at radius 2 is 1.75 bits per heavy atom. The fraction of sp³-hybridized carbons (Fsp3) is 0.606. The van der Waals surface area contributed by atoms with E-state index in [0.717, 1.165) is 37.7 Å². The van der Waals surface area contributed by atoms with Gasteiger partial charge in [0.25, 0.3) is 0 Å². The average Bonchev–Trinajstić information content (AvgIpc) is 3.38. The van der Waals surface area contributed by atoms with Crippen molar-refractivity contribution in [2.75, 3.05) is 19.8 Å². The molecule has 2 rings (SSSR count). The number of hydrogen-bond acceptors (Lipinski definition) is 10. The molecule has 44 heavy (non-hydrogen) atoms. The van der Waals surface area contributed by atoms with Gasteiger partial charge in [-0.25, -0.2) is 0 Å². The van der Waals surface area contributed by atoms with E-state index in [1.54, 1.807) is 0 Å². The molecule has 0 spiro atoms. The van der Waals surface area contributed by atoms with Crippen LogP contribution in [-0.4, -0.2) is 70.7 Å². The van der Waals surface area contributed by atoms with Gasteiger partial charge in [0.05, 0.1) is 37.5 Å². The number of rotatable bonds is 22. The minimum absolute atomic E-state index is 0.0618. The van der Waals surface area contributed by atoms with E-state index < -0.39 is 18.0 Å². The highest BCUT2D eigenvalue weighted by molar-refractivity contribution is 5.77. The third-order valence-electron chi connectivity index (χ3n) is 7.50. The number of unbranched alkanes of at least 4 members (excludes halogenated alkanes) is 2. The van der Waals surface area contributed by atoms with Crippen LogP contribution in [0.25, 0.3) is 0 Å². The number of hydrogen-bond donors (Lipinski definition) is 4. The number of aliphatic hydroxyl groups excluding tert-OH is 1. The van der Waals surface area contributed by atoms with Crippen molar-refractivity contribution in [2.45, 2.75) is 96.2 Å². The molecule has 4 atom stereocenters. The van der Waals surface area contributed by atoms with Crippen molar-refractivity contribution in [3.8, 4) is 0 Å². The summed E-state index contributed by atoms with van der Waals surface area (Å²) in [6, 6.07) is 10.0. The maximum atomic E-state index is 12.6. The van der Waals surface area contributed by atoms with Gasteiger partial charge in [0.1, 0.15) is 6.10 Å². The van der Waals surface area contributed by atoms with Crippen molar-refractivity contribution in [3.05, 3.63) is 60.2 Å². The highest BCUT2D eigenvalue weighted by atomic mass is 17.1. The Bertz CT molecular complexity index is 1020. The van der Waals surface area contributed by atoms with Gasteiger partial charge in [-0.2, -0.15) is 0 Å². The van der Waals surface area contributed by atoms with Gasteiger partial charge in [-0.1, -0.05) is 54.6 Å². The molecular formula is C33H50N2O9. The molecule has 1 aliphatic rings. The molecule has 0 aromatic heterocycles. The van der Waals surface area contributed by atoms with Crippen LogP contribution in [0.15, 0.2) is 54.6 Å². The fourth-order valence-electron chi connectivity index (χ4n) is 5.17. The lowest BCUT2D eigenvalue weighted by atomic mass is 9.90. The summed E-state index contributed by atoms with van der Waals surface area (Å²) in [5, 5.41) is 30.0. The standard InChI is InChI=1S/C33H50N2O9/c1-2-34-31(37)15-9-4-3-8-14-27-17-21-30(29(27)20-19-28(36)18-16-26-12-6-5-7-13-26)44-33(39)23-22-32(38)42-24-10-11-25-43-35(40)41/h3,5-8,12-13,19-20,27-30,36,40-41H,2,4,9-11,14-18,21-25H2,1H3,(H,34,37)/b8-3-,20-19+/t27-,28-,29+,30+/m0/s1. The largest absolute Gasteiger partial charge is 0.466 e. The second kappa shape index (κ2) is 22.4. The zero-order valence-electron chi connectivity index (χ0n) is 25.9. The molecule has 4 N–H and O–H groups in total. The maximum Gasteiger partial charge on any atom is 0.306 e. The van der Waals surface area contributed by atoms with E-state index in [1.165, 1.54) is 0 Å². The zero-order valence-corrected chi connectivity index (χ0v) is 25.9. The summed E-state index contributed by atoms with van der Waals surface area (Å²) in [4.78, 5) is 40.7. The van der Waals surface area contributed by atoms with Crippen molar-refractivity contribution in [2.24, 2.45) is 11.8 Å². The van der Waals surface area contributed by atoms with E-state index in [0.29, 0.717) is 38.6 Å². The minimum Gasteiger partial charge on any atom is -0.466 e. The Hall–Kier alpha value is -3.09. The van der Waals surface area contributed by atoms with Crippen LogP contribution in [0.5, 0.6) is 0 Å². The molecule has 0 heterocycles. The molecular weight excluding hydrogens is 568 g/mol. The summed E-state index contributed by atoms with van der Waals surface area (Å²) < 4.78 is 10.9. The van der Waals surface area contributed by atoms with Gasteiger partial charge in [-0.15, -0.1) is 0 Å². The number of nitrogens with zero attached hydrogens (tertiary/aromatic N) is 1. The molecule has 1 saturated carbocycles. The number of carbonyl (C=O) groups excluding carboxylic acids is 3. The zero-order chi connectivity index (χ0) is 32.0. The molecule has 11 nitrogen and oxygen atoms in total. The smallest absolute Gasteiger partial charge is 0.306 e. The lowest BCUT2D eigenvalue weighted by molar-refractivity contribution is -0.492. The van der Waals surface area contributed by atoms with Crippen LogP contribution in [0, 0.1) is 11.8 Å². The normalized spacial score (nSPS) is 19.1. The van der Waals surface area contributed by atoms with Gasteiger partial charge in [0, 0.05) is 18.9 Å². The lowest BCUT2D eigenvalue weighted by Crippen LogP contribution is -2.25. The van der Waals surface area contributed by atoms with E-state index in [9.17, 15) is 19.5 Å². The monoisotopic (exact) mass is 618 g/mol. The summed E-state index contributed by atoms with van der Waals surface area (Å²) >= 11 is 0. The molecule has 1 amide bonds. The molecule has 0 bridgehead atoms. The minimum atomic E-state index is -0.620. The molecule has 0 saturated heterocycles. The number of allylic oxidation sites excluding steroid dienone is 2. The molecule has 1 fully saturated rings. The van der Waals surface area contributed by atoms with Crippen LogP contribution in [0.2, 0.25) is 0 Å². The van der Waals surface area contributed by atoms with Gasteiger partial charge < -0.3 is 19.9 Å². The predicted molar refractivity (Wildman–Crippen MR) is 163 cm³/mol. The van der Waals surface area contributed by atoms with Crippen molar-refractivity contribution in [3.63, 3.8) is 0 Å². The number of nitrogens with one attached hydrogen (secondary N) is 1. The second-order valence-corrected chi connectivity index (χ2v) is 11.0. The highest BCUT2D eigenvalue weighted by Gasteiger charge is 2.36. The lowest BCUT2D eigenvalue weighted by Gasteiger charge is -2.22. The van der Waals surface area contributed by atoms with E-state index in [1.807, 2.05) is 49.4 Å². The quantitative estimate of drug-likeness (QED) is 0.0614. The first-order chi connectivity index (χ1) is 21.3. The number of aryl methyl sites for hydroxylation is 1. The number of ether oxygens (including phenoxy) is 2. The number of carbonyl (C=O) groups is 3. The molecule has 0 aliphatic heterocycles. The SMILES string of the molecule is CCNC(=O)CCC/C=C\C[C@H]1CC[C@@H](OC(=O)CCC(=O)OCCCCON(O)O)[C@@H]1/C=C/[C@@H](O)CCc1ccccc1. The van der Waals surface area contributed by atoms with E-state index >= 15 is 0 Å². The van der Waals surface area contributed by atoms with Gasteiger partial charge in [0.15, 0.2) is 0 Å². The van der Waals surface area contributed by atoms with Crippen LogP contribution in [-0.2, 0) is 35.1 Å². The Morgan fingerprint density at radius 3 is 2.50 bits per heavy atom. The summed E-state index contributed by atoms with van der Waals surface area (Å²) in [6.07, 6.45) is 13.6. The molecule has 1 aromatic carbocycles. The Morgan fingerprint density at radius 1 is 1.00 bits per heavy atom. The maximum absolute atomic E-state index is 12.6. The van der Waals surface area contributed by atoms with E-state index in [-0.39, 0.29) is 55.3 Å². The Labute approximate surface area is 260 Å². The van der Waals surface area contributed by atoms with Gasteiger partial charge in [-0.05, 0) is 76.2 Å². The number of aliphatic hydroxyl groups is 1. The number of benzene rings is 1. The van der Waals surface area contributed by atoms with Gasteiger partial charge >= 0.3 is 11.9 Å². The van der Waals surface area contributed by atoms with Gasteiger partial charge in [-0.3, -0.25) is 29.6 Å². The van der Waals surface area contributed by atoms with Crippen molar-refractivity contribution in [1.29, 1.82) is 0 Å². The first-order valence-corrected chi connectivity index (χ1v) is 15.8. The Balaban J connectivity index is 1.85. The molecule has 1 aromatic rings. The third kappa shape index (κ3) is 16.7. The first kappa shape index (κ1) is 37.1. The molecule has 11 heteroatoms. The molecule has 0 unspecified atom stereocenters. The number of amides is 1. The predicted octanol–water partition coefficient (Wildman–Crippen LogP) is 4.84. The highest BCUT2D eigenvalue weighted by Crippen LogP contribution is 2.38. The topological polar surface area (TPSA) is 155 Å². The van der Waals surface area contributed by atoms with Crippen molar-refractivity contribution in [1.82, 2.24) is 10.7 Å². The van der Waals surface area contributed by atoms with E-state index in [4.69, 9.17) is 19.9 Å². The summed E-state index contributed by atoms with van der Waals surface area (Å²) in [5.74, 6) is -0.727. The third-order valence-corrected chi connectivity index (χ3v) is 7.50. The van der Waals surface area contributed by atoms with Crippen molar-refractivity contribution < 1.29 is 44.2 Å². The van der Waals surface area contributed by atoms with Crippen LogP contribution in [0.4, 0.5) is 0 Å². The van der Waals surface area contributed by atoms with Crippen LogP contribution in [0.1, 0.15) is 83.1 Å². The summed E-state index contributed by atoms with van der Waals surface area (Å²) in [5.41, 5.74) is 1.16. The van der Waals surface area contributed by atoms with Crippen LogP contribution >= 0.6 is 0 Å². The van der Waals surface area contributed by atoms with Crippen molar-refractivity contribution >= 4 is 17.8 Å².